The van der Waals surface area contributed by atoms with E-state index in [0.717, 1.165) is 11.6 Å². The lowest BCUT2D eigenvalue weighted by Gasteiger charge is -2.05. The van der Waals surface area contributed by atoms with Crippen molar-refractivity contribution in [1.29, 1.82) is 0 Å². The van der Waals surface area contributed by atoms with E-state index in [9.17, 15) is 4.79 Å². The fourth-order valence-electron chi connectivity index (χ4n) is 1.93. The second-order valence-electron chi connectivity index (χ2n) is 4.27. The van der Waals surface area contributed by atoms with Crippen molar-refractivity contribution in [3.05, 3.63) is 24.0 Å². The van der Waals surface area contributed by atoms with Gasteiger partial charge in [-0.25, -0.2) is 9.78 Å². The Balaban J connectivity index is 1.89. The van der Waals surface area contributed by atoms with Crippen LogP contribution in [0.15, 0.2) is 18.3 Å². The number of nitrogens with one attached hydrogen (secondary N) is 1. The molecule has 1 aliphatic carbocycles. The van der Waals surface area contributed by atoms with Crippen molar-refractivity contribution in [3.8, 4) is 0 Å². The van der Waals surface area contributed by atoms with Crippen LogP contribution in [0.1, 0.15) is 36.7 Å². The van der Waals surface area contributed by atoms with Gasteiger partial charge < -0.3 is 10.4 Å². The lowest BCUT2D eigenvalue weighted by atomic mass is 10.2. The molecule has 0 saturated heterocycles. The number of aromatic nitrogens is 1. The molecule has 2 atom stereocenters. The monoisotopic (exact) mass is 220 g/mol. The van der Waals surface area contributed by atoms with E-state index in [0.29, 0.717) is 6.04 Å². The summed E-state index contributed by atoms with van der Waals surface area (Å²) in [6.07, 6.45) is 5.29. The zero-order valence-electron chi connectivity index (χ0n) is 9.31. The molecule has 4 nitrogen and oxygen atoms in total. The van der Waals surface area contributed by atoms with E-state index in [1.165, 1.54) is 25.3 Å². The zero-order chi connectivity index (χ0) is 11.5. The minimum Gasteiger partial charge on any atom is -0.477 e. The Bertz CT molecular complexity index is 375. The van der Waals surface area contributed by atoms with Gasteiger partial charge >= 0.3 is 5.97 Å². The second kappa shape index (κ2) is 4.51. The Labute approximate surface area is 94.7 Å². The molecule has 0 spiro atoms. The lowest BCUT2D eigenvalue weighted by Crippen LogP contribution is -2.06. The van der Waals surface area contributed by atoms with Crippen molar-refractivity contribution in [2.75, 3.05) is 5.32 Å². The molecule has 1 saturated carbocycles. The van der Waals surface area contributed by atoms with Crippen LogP contribution in [0.25, 0.3) is 0 Å². The first-order chi connectivity index (χ1) is 7.70. The van der Waals surface area contributed by atoms with E-state index >= 15 is 0 Å². The number of anilines is 1. The number of aromatic carboxylic acids is 1. The van der Waals surface area contributed by atoms with Gasteiger partial charge in [-0.15, -0.1) is 0 Å². The SMILES string of the molecule is CCCC1CC1Nc1ccc(C(=O)O)nc1. The van der Waals surface area contributed by atoms with Gasteiger partial charge in [0.1, 0.15) is 5.69 Å². The molecule has 2 rings (SSSR count). The highest BCUT2D eigenvalue weighted by Crippen LogP contribution is 2.37. The van der Waals surface area contributed by atoms with Gasteiger partial charge in [0.15, 0.2) is 0 Å². The molecule has 4 heteroatoms. The number of carboxylic acids is 1. The summed E-state index contributed by atoms with van der Waals surface area (Å²) in [7, 11) is 0. The third-order valence-electron chi connectivity index (χ3n) is 2.92. The van der Waals surface area contributed by atoms with E-state index in [1.807, 2.05) is 0 Å². The standard InChI is InChI=1S/C12H16N2O2/c1-2-3-8-6-11(8)14-9-4-5-10(12(15)16)13-7-9/h4-5,7-8,11,14H,2-3,6H2,1H3,(H,15,16). The van der Waals surface area contributed by atoms with Crippen molar-refractivity contribution in [1.82, 2.24) is 4.98 Å². The van der Waals surface area contributed by atoms with Crippen LogP contribution in [0, 0.1) is 5.92 Å². The summed E-state index contributed by atoms with van der Waals surface area (Å²) in [5, 5.41) is 12.1. The van der Waals surface area contributed by atoms with Crippen LogP contribution in [0.5, 0.6) is 0 Å². The molecule has 2 unspecified atom stereocenters. The van der Waals surface area contributed by atoms with Crippen molar-refractivity contribution < 1.29 is 9.90 Å². The minimum atomic E-state index is -0.984. The molecule has 0 aromatic carbocycles. The van der Waals surface area contributed by atoms with E-state index < -0.39 is 5.97 Å². The first-order valence-corrected chi connectivity index (χ1v) is 5.66. The molecule has 1 heterocycles. The fraction of sp³-hybridized carbons (Fsp3) is 0.500. The molecule has 1 aromatic rings. The largest absolute Gasteiger partial charge is 0.477 e. The second-order valence-corrected chi connectivity index (χ2v) is 4.27. The van der Waals surface area contributed by atoms with Gasteiger partial charge in [0.2, 0.25) is 0 Å². The number of hydrogen-bond acceptors (Lipinski definition) is 3. The highest BCUT2D eigenvalue weighted by Gasteiger charge is 2.35. The van der Waals surface area contributed by atoms with Gasteiger partial charge in [0, 0.05) is 6.04 Å². The third kappa shape index (κ3) is 2.51. The third-order valence-corrected chi connectivity index (χ3v) is 2.92. The van der Waals surface area contributed by atoms with Gasteiger partial charge in [0.05, 0.1) is 11.9 Å². The first-order valence-electron chi connectivity index (χ1n) is 5.66. The molecule has 1 aromatic heterocycles. The van der Waals surface area contributed by atoms with Crippen molar-refractivity contribution in [2.45, 2.75) is 32.2 Å². The summed E-state index contributed by atoms with van der Waals surface area (Å²) < 4.78 is 0. The van der Waals surface area contributed by atoms with Gasteiger partial charge in [-0.05, 0) is 30.9 Å². The van der Waals surface area contributed by atoms with Gasteiger partial charge in [0.25, 0.3) is 0 Å². The average Bonchev–Trinajstić information content (AvgIpc) is 2.98. The maximum Gasteiger partial charge on any atom is 0.354 e. The predicted molar refractivity (Wildman–Crippen MR) is 61.6 cm³/mol. The van der Waals surface area contributed by atoms with Crippen LogP contribution in [0.2, 0.25) is 0 Å². The zero-order valence-corrected chi connectivity index (χ0v) is 9.31. The van der Waals surface area contributed by atoms with Crippen molar-refractivity contribution in [3.63, 3.8) is 0 Å². The molecule has 0 radical (unpaired) electrons. The number of carboxylic acid groups (broad SMARTS) is 1. The predicted octanol–water partition coefficient (Wildman–Crippen LogP) is 2.38. The Kier molecular flexibility index (Phi) is 3.08. The van der Waals surface area contributed by atoms with Crippen LogP contribution >= 0.6 is 0 Å². The highest BCUT2D eigenvalue weighted by molar-refractivity contribution is 5.85. The Morgan fingerprint density at radius 3 is 3.00 bits per heavy atom. The minimum absolute atomic E-state index is 0.0893. The molecular formula is C12H16N2O2. The summed E-state index contributed by atoms with van der Waals surface area (Å²) in [4.78, 5) is 14.5. The molecule has 16 heavy (non-hydrogen) atoms. The molecule has 0 bridgehead atoms. The normalized spacial score (nSPS) is 22.8. The van der Waals surface area contributed by atoms with E-state index in [1.54, 1.807) is 12.3 Å². The molecule has 86 valence electrons. The average molecular weight is 220 g/mol. The molecule has 0 aliphatic heterocycles. The van der Waals surface area contributed by atoms with Gasteiger partial charge in [-0.2, -0.15) is 0 Å². The Morgan fingerprint density at radius 1 is 1.62 bits per heavy atom. The van der Waals surface area contributed by atoms with Crippen LogP contribution in [0.4, 0.5) is 5.69 Å². The molecular weight excluding hydrogens is 204 g/mol. The topological polar surface area (TPSA) is 62.2 Å². The highest BCUT2D eigenvalue weighted by atomic mass is 16.4. The first kappa shape index (κ1) is 10.9. The Hall–Kier alpha value is -1.58. The summed E-state index contributed by atoms with van der Waals surface area (Å²) >= 11 is 0. The maximum atomic E-state index is 10.6. The summed E-state index contributed by atoms with van der Waals surface area (Å²) in [6.45, 7) is 2.19. The quantitative estimate of drug-likeness (QED) is 0.799. The lowest BCUT2D eigenvalue weighted by molar-refractivity contribution is 0.0690. The van der Waals surface area contributed by atoms with Crippen molar-refractivity contribution in [2.24, 2.45) is 5.92 Å². The Morgan fingerprint density at radius 2 is 2.44 bits per heavy atom. The number of nitrogens with zero attached hydrogens (tertiary/aromatic N) is 1. The van der Waals surface area contributed by atoms with E-state index in [2.05, 4.69) is 17.2 Å². The van der Waals surface area contributed by atoms with Gasteiger partial charge in [-0.3, -0.25) is 0 Å². The van der Waals surface area contributed by atoms with Crippen molar-refractivity contribution >= 4 is 11.7 Å². The summed E-state index contributed by atoms with van der Waals surface area (Å²) in [5.74, 6) is -0.203. The van der Waals surface area contributed by atoms with Crippen LogP contribution in [-0.2, 0) is 0 Å². The molecule has 2 N–H and O–H groups in total. The van der Waals surface area contributed by atoms with Gasteiger partial charge in [-0.1, -0.05) is 13.3 Å². The number of carbonyl (C=O) groups is 1. The molecule has 0 amide bonds. The van der Waals surface area contributed by atoms with E-state index in [4.69, 9.17) is 5.11 Å². The summed E-state index contributed by atoms with van der Waals surface area (Å²) in [5.41, 5.74) is 1.00. The smallest absolute Gasteiger partial charge is 0.354 e. The molecule has 1 fully saturated rings. The van der Waals surface area contributed by atoms with Crippen LogP contribution in [0.3, 0.4) is 0 Å². The van der Waals surface area contributed by atoms with Crippen LogP contribution in [-0.4, -0.2) is 22.1 Å². The number of pyridine rings is 1. The van der Waals surface area contributed by atoms with E-state index in [-0.39, 0.29) is 5.69 Å². The van der Waals surface area contributed by atoms with Crippen LogP contribution < -0.4 is 5.32 Å². The maximum absolute atomic E-state index is 10.6. The molecule has 1 aliphatic rings. The fourth-order valence-corrected chi connectivity index (χ4v) is 1.93. The number of hydrogen-bond donors (Lipinski definition) is 2. The summed E-state index contributed by atoms with van der Waals surface area (Å²) in [6, 6.07) is 3.86. The number of rotatable bonds is 5.